The largest absolute Gasteiger partial charge is 0.416 e. The summed E-state index contributed by atoms with van der Waals surface area (Å²) in [4.78, 5) is 0.975. The molecule has 40 heavy (non-hydrogen) atoms. The number of nitrogens with zero attached hydrogens (tertiary/aromatic N) is 4. The highest BCUT2D eigenvalue weighted by atomic mass is 19.4. The van der Waals surface area contributed by atoms with Gasteiger partial charge in [0.05, 0.1) is 21.9 Å². The van der Waals surface area contributed by atoms with Gasteiger partial charge in [0, 0.05) is 24.7 Å². The fourth-order valence-corrected chi connectivity index (χ4v) is 3.93. The van der Waals surface area contributed by atoms with Crippen molar-refractivity contribution in [1.29, 1.82) is 0 Å². The van der Waals surface area contributed by atoms with Crippen LogP contribution >= 0.6 is 0 Å². The SMILES string of the molecule is Fc1ccc(-c2ccc(C(F)(F)F)cc2CN(Cc2cc(C(F)(F)F)cc(C(F)(F)F)c2)C2=N[NH2+]N=N2)c(F)c1. The molecule has 0 fully saturated rings. The first-order chi connectivity index (χ1) is 18.5. The van der Waals surface area contributed by atoms with Crippen LogP contribution in [0, 0.1) is 11.6 Å². The number of hydrogen-bond donors (Lipinski definition) is 1. The van der Waals surface area contributed by atoms with Gasteiger partial charge in [-0.3, -0.25) is 0 Å². The van der Waals surface area contributed by atoms with Gasteiger partial charge in [-0.25, -0.2) is 8.78 Å². The van der Waals surface area contributed by atoms with Gasteiger partial charge in [-0.1, -0.05) is 16.7 Å². The van der Waals surface area contributed by atoms with Crippen molar-refractivity contribution in [3.05, 3.63) is 94.0 Å². The normalized spacial score (nSPS) is 14.0. The van der Waals surface area contributed by atoms with Crippen LogP contribution in [-0.2, 0) is 31.6 Å². The van der Waals surface area contributed by atoms with Gasteiger partial charge in [0.1, 0.15) is 11.6 Å². The number of benzene rings is 3. The molecule has 3 aromatic rings. The summed E-state index contributed by atoms with van der Waals surface area (Å²) in [7, 11) is 0. The number of guanidine groups is 1. The minimum Gasteiger partial charge on any atom is -0.326 e. The van der Waals surface area contributed by atoms with E-state index in [-0.39, 0.29) is 28.7 Å². The van der Waals surface area contributed by atoms with Crippen molar-refractivity contribution < 1.29 is 53.8 Å². The van der Waals surface area contributed by atoms with E-state index in [9.17, 15) is 48.3 Å². The van der Waals surface area contributed by atoms with E-state index < -0.39 is 65.5 Å². The molecule has 2 N–H and O–H groups in total. The minimum atomic E-state index is -5.15. The second-order valence-corrected chi connectivity index (χ2v) is 8.52. The van der Waals surface area contributed by atoms with Gasteiger partial charge in [-0.2, -0.15) is 39.5 Å². The third-order valence-corrected chi connectivity index (χ3v) is 5.69. The molecular formula is C24H15F11N5+. The van der Waals surface area contributed by atoms with Gasteiger partial charge in [0.15, 0.2) is 0 Å². The fourth-order valence-electron chi connectivity index (χ4n) is 3.93. The molecular weight excluding hydrogens is 567 g/mol. The van der Waals surface area contributed by atoms with Crippen molar-refractivity contribution in [2.24, 2.45) is 15.4 Å². The number of hydrogen-bond acceptors (Lipinski definition) is 4. The first-order valence-corrected chi connectivity index (χ1v) is 11.0. The van der Waals surface area contributed by atoms with E-state index in [1.165, 1.54) is 0 Å². The molecule has 1 aliphatic heterocycles. The third-order valence-electron chi connectivity index (χ3n) is 5.69. The van der Waals surface area contributed by atoms with Gasteiger partial charge in [-0.15, -0.1) is 0 Å². The van der Waals surface area contributed by atoms with E-state index in [1.54, 1.807) is 0 Å². The van der Waals surface area contributed by atoms with Crippen LogP contribution in [0.3, 0.4) is 0 Å². The van der Waals surface area contributed by atoms with Crippen LogP contribution in [0.15, 0.2) is 70.0 Å². The Morgan fingerprint density at radius 2 is 1.25 bits per heavy atom. The number of rotatable bonds is 5. The van der Waals surface area contributed by atoms with Gasteiger partial charge >= 0.3 is 24.5 Å². The highest BCUT2D eigenvalue weighted by Gasteiger charge is 2.37. The maximum Gasteiger partial charge on any atom is 0.416 e. The predicted molar refractivity (Wildman–Crippen MR) is 117 cm³/mol. The summed E-state index contributed by atoms with van der Waals surface area (Å²) in [5.41, 5.74) is -4.70. The monoisotopic (exact) mass is 582 g/mol. The van der Waals surface area contributed by atoms with Crippen LogP contribution < -0.4 is 5.53 Å². The smallest absolute Gasteiger partial charge is 0.326 e. The molecule has 0 aliphatic carbocycles. The van der Waals surface area contributed by atoms with E-state index in [0.29, 0.717) is 30.3 Å². The van der Waals surface area contributed by atoms with Crippen LogP contribution in [0.25, 0.3) is 11.1 Å². The van der Waals surface area contributed by atoms with Crippen LogP contribution in [-0.4, -0.2) is 10.9 Å². The molecule has 0 atom stereocenters. The molecule has 0 aromatic heterocycles. The fraction of sp³-hybridized carbons (Fsp3) is 0.208. The quantitative estimate of drug-likeness (QED) is 0.258. The zero-order valence-electron chi connectivity index (χ0n) is 19.6. The topological polar surface area (TPSA) is 56.9 Å². The molecule has 0 saturated carbocycles. The van der Waals surface area contributed by atoms with E-state index in [1.807, 2.05) is 0 Å². The van der Waals surface area contributed by atoms with E-state index in [4.69, 9.17) is 0 Å². The summed E-state index contributed by atoms with van der Waals surface area (Å²) in [6, 6.07) is 5.37. The molecule has 4 rings (SSSR count). The standard InChI is InChI=1S/C24H14F11N5/c25-17-2-4-19(20(26)9-17)18-3-1-14(22(27,28)29)7-13(18)11-40(21-36-38-39-37-21)10-12-5-15(23(30,31)32)8-16(6-12)24(33,34)35/h1-9H,10-11H2,(H,36,37,38,39)/p+1. The molecule has 0 saturated heterocycles. The Kier molecular flexibility index (Phi) is 7.58. The van der Waals surface area contributed by atoms with Gasteiger partial charge < -0.3 is 4.90 Å². The first-order valence-electron chi connectivity index (χ1n) is 11.0. The van der Waals surface area contributed by atoms with Gasteiger partial charge in [-0.05, 0) is 64.3 Å². The van der Waals surface area contributed by atoms with E-state index >= 15 is 0 Å². The second-order valence-electron chi connectivity index (χ2n) is 8.52. The van der Waals surface area contributed by atoms with Crippen molar-refractivity contribution in [2.45, 2.75) is 31.6 Å². The second kappa shape index (κ2) is 10.5. The highest BCUT2D eigenvalue weighted by molar-refractivity contribution is 5.80. The lowest BCUT2D eigenvalue weighted by Gasteiger charge is -2.24. The zero-order chi connectivity index (χ0) is 29.5. The van der Waals surface area contributed by atoms with Crippen molar-refractivity contribution in [3.63, 3.8) is 0 Å². The summed E-state index contributed by atoms with van der Waals surface area (Å²) in [6.45, 7) is -1.38. The Morgan fingerprint density at radius 1 is 0.650 bits per heavy atom. The number of alkyl halides is 9. The Balaban J connectivity index is 1.83. The summed E-state index contributed by atoms with van der Waals surface area (Å²) < 4.78 is 149. The third kappa shape index (κ3) is 6.55. The molecule has 0 bridgehead atoms. The average Bonchev–Trinajstić information content (AvgIpc) is 3.37. The summed E-state index contributed by atoms with van der Waals surface area (Å²) in [5.74, 6) is -2.42. The predicted octanol–water partition coefficient (Wildman–Crippen LogP) is 6.91. The molecule has 0 radical (unpaired) electrons. The Hall–Kier alpha value is -4.08. The molecule has 3 aromatic carbocycles. The van der Waals surface area contributed by atoms with Crippen LogP contribution in [0.4, 0.5) is 48.3 Å². The van der Waals surface area contributed by atoms with E-state index in [0.717, 1.165) is 28.6 Å². The summed E-state index contributed by atoms with van der Waals surface area (Å²) in [6.07, 6.45) is -15.2. The molecule has 0 spiro atoms. The molecule has 212 valence electrons. The lowest BCUT2D eigenvalue weighted by molar-refractivity contribution is -0.668. The number of quaternary nitrogens is 1. The summed E-state index contributed by atoms with van der Waals surface area (Å²) in [5, 5.41) is 10.9. The lowest BCUT2D eigenvalue weighted by Crippen LogP contribution is -2.69. The molecule has 5 nitrogen and oxygen atoms in total. The molecule has 1 aliphatic rings. The highest BCUT2D eigenvalue weighted by Crippen LogP contribution is 2.38. The Bertz CT molecular complexity index is 1440. The maximum absolute atomic E-state index is 14.6. The van der Waals surface area contributed by atoms with Crippen LogP contribution in [0.1, 0.15) is 27.8 Å². The molecule has 1 heterocycles. The molecule has 0 amide bonds. The summed E-state index contributed by atoms with van der Waals surface area (Å²) >= 11 is 0. The Morgan fingerprint density at radius 3 is 1.77 bits per heavy atom. The van der Waals surface area contributed by atoms with E-state index in [2.05, 4.69) is 15.4 Å². The molecule has 16 heteroatoms. The minimum absolute atomic E-state index is 0.0728. The average molecular weight is 582 g/mol. The van der Waals surface area contributed by atoms with Gasteiger partial charge in [0.2, 0.25) is 0 Å². The Labute approximate surface area is 217 Å². The lowest BCUT2D eigenvalue weighted by atomic mass is 9.96. The number of nitrogens with two attached hydrogens (primary N) is 1. The van der Waals surface area contributed by atoms with Crippen LogP contribution in [0.2, 0.25) is 0 Å². The zero-order valence-corrected chi connectivity index (χ0v) is 19.6. The maximum atomic E-state index is 14.6. The van der Waals surface area contributed by atoms with Crippen molar-refractivity contribution in [2.75, 3.05) is 0 Å². The van der Waals surface area contributed by atoms with Crippen molar-refractivity contribution in [1.82, 2.24) is 4.90 Å². The van der Waals surface area contributed by atoms with Crippen molar-refractivity contribution in [3.8, 4) is 11.1 Å². The first kappa shape index (κ1) is 28.9. The van der Waals surface area contributed by atoms with Crippen LogP contribution in [0.5, 0.6) is 0 Å². The van der Waals surface area contributed by atoms with Gasteiger partial charge in [0.25, 0.3) is 0 Å². The number of halogens is 11. The van der Waals surface area contributed by atoms with Crippen molar-refractivity contribution >= 4 is 5.96 Å². The molecule has 0 unspecified atom stereocenters.